The second kappa shape index (κ2) is 6.64. The van der Waals surface area contributed by atoms with E-state index in [1.165, 1.54) is 0 Å². The summed E-state index contributed by atoms with van der Waals surface area (Å²) in [5, 5.41) is 6.59. The van der Waals surface area contributed by atoms with Gasteiger partial charge in [0, 0.05) is 30.4 Å². The molecule has 6 nitrogen and oxygen atoms in total. The topological polar surface area (TPSA) is 75.4 Å². The molecular weight excluding hydrogens is 294 g/mol. The summed E-state index contributed by atoms with van der Waals surface area (Å²) in [5.41, 5.74) is 1.80. The van der Waals surface area contributed by atoms with Crippen LogP contribution in [0.5, 0.6) is 0 Å². The summed E-state index contributed by atoms with van der Waals surface area (Å²) in [7, 11) is 0. The highest BCUT2D eigenvalue weighted by molar-refractivity contribution is 5.97. The predicted octanol–water partition coefficient (Wildman–Crippen LogP) is 2.40. The SMILES string of the molecule is Cc1cc(CC(=O)Nc2cccc(C(=O)N3CCCC3)c2)no1. The number of nitrogens with zero attached hydrogens (tertiary/aromatic N) is 2. The molecule has 2 heterocycles. The molecule has 0 spiro atoms. The van der Waals surface area contributed by atoms with Crippen LogP contribution in [0.2, 0.25) is 0 Å². The van der Waals surface area contributed by atoms with Crippen molar-refractivity contribution in [1.29, 1.82) is 0 Å². The number of benzene rings is 1. The number of rotatable bonds is 4. The molecule has 0 atom stereocenters. The quantitative estimate of drug-likeness (QED) is 0.940. The standard InChI is InChI=1S/C17H19N3O3/c1-12-9-15(19-23-12)11-16(21)18-14-6-4-5-13(10-14)17(22)20-7-2-3-8-20/h4-6,9-10H,2-3,7-8,11H2,1H3,(H,18,21). The average Bonchev–Trinajstić information content (AvgIpc) is 3.18. The number of aromatic nitrogens is 1. The van der Waals surface area contributed by atoms with Gasteiger partial charge in [0.1, 0.15) is 5.76 Å². The van der Waals surface area contributed by atoms with Gasteiger partial charge >= 0.3 is 0 Å². The monoisotopic (exact) mass is 313 g/mol. The van der Waals surface area contributed by atoms with E-state index in [1.807, 2.05) is 4.90 Å². The van der Waals surface area contributed by atoms with Crippen LogP contribution in [0.1, 0.15) is 34.7 Å². The molecule has 6 heteroatoms. The van der Waals surface area contributed by atoms with Crippen LogP contribution in [0, 0.1) is 6.92 Å². The second-order valence-electron chi connectivity index (χ2n) is 5.73. The Bertz CT molecular complexity index is 717. The zero-order chi connectivity index (χ0) is 16.2. The van der Waals surface area contributed by atoms with Crippen LogP contribution in [0.3, 0.4) is 0 Å². The van der Waals surface area contributed by atoms with Crippen molar-refractivity contribution in [3.05, 3.63) is 47.3 Å². The predicted molar refractivity (Wildman–Crippen MR) is 85.2 cm³/mol. The molecule has 2 aromatic rings. The van der Waals surface area contributed by atoms with Gasteiger partial charge in [-0.15, -0.1) is 0 Å². The summed E-state index contributed by atoms with van der Waals surface area (Å²) >= 11 is 0. The number of hydrogen-bond acceptors (Lipinski definition) is 4. The fourth-order valence-corrected chi connectivity index (χ4v) is 2.70. The minimum Gasteiger partial charge on any atom is -0.361 e. The lowest BCUT2D eigenvalue weighted by Gasteiger charge is -2.15. The molecule has 0 saturated carbocycles. The summed E-state index contributed by atoms with van der Waals surface area (Å²) in [4.78, 5) is 26.3. The van der Waals surface area contributed by atoms with Crippen molar-refractivity contribution >= 4 is 17.5 Å². The normalized spacial score (nSPS) is 14.0. The first-order valence-corrected chi connectivity index (χ1v) is 7.73. The van der Waals surface area contributed by atoms with Crippen molar-refractivity contribution in [3.8, 4) is 0 Å². The summed E-state index contributed by atoms with van der Waals surface area (Å²) in [6, 6.07) is 8.77. The molecule has 1 aliphatic rings. The van der Waals surface area contributed by atoms with Gasteiger partial charge in [-0.1, -0.05) is 11.2 Å². The molecule has 1 saturated heterocycles. The fraction of sp³-hybridized carbons (Fsp3) is 0.353. The molecule has 0 radical (unpaired) electrons. The highest BCUT2D eigenvalue weighted by Gasteiger charge is 2.19. The van der Waals surface area contributed by atoms with E-state index >= 15 is 0 Å². The molecule has 0 unspecified atom stereocenters. The van der Waals surface area contributed by atoms with E-state index in [1.54, 1.807) is 37.3 Å². The van der Waals surface area contributed by atoms with E-state index in [-0.39, 0.29) is 18.2 Å². The maximum atomic E-state index is 12.4. The van der Waals surface area contributed by atoms with Gasteiger partial charge < -0.3 is 14.7 Å². The first kappa shape index (κ1) is 15.3. The molecule has 23 heavy (non-hydrogen) atoms. The molecule has 1 fully saturated rings. The zero-order valence-corrected chi connectivity index (χ0v) is 13.0. The van der Waals surface area contributed by atoms with Gasteiger partial charge in [0.05, 0.1) is 12.1 Å². The Balaban J connectivity index is 1.65. The number of anilines is 1. The molecule has 3 rings (SSSR count). The van der Waals surface area contributed by atoms with Crippen LogP contribution in [0.4, 0.5) is 5.69 Å². The van der Waals surface area contributed by atoms with Crippen LogP contribution in [0.15, 0.2) is 34.9 Å². The van der Waals surface area contributed by atoms with E-state index in [4.69, 9.17) is 4.52 Å². The minimum atomic E-state index is -0.191. The second-order valence-corrected chi connectivity index (χ2v) is 5.73. The van der Waals surface area contributed by atoms with E-state index in [9.17, 15) is 9.59 Å². The Kier molecular flexibility index (Phi) is 4.41. The lowest BCUT2D eigenvalue weighted by atomic mass is 10.1. The van der Waals surface area contributed by atoms with Gasteiger partial charge in [-0.2, -0.15) is 0 Å². The molecular formula is C17H19N3O3. The van der Waals surface area contributed by atoms with Crippen LogP contribution in [0.25, 0.3) is 0 Å². The molecule has 0 bridgehead atoms. The Morgan fingerprint density at radius 3 is 2.74 bits per heavy atom. The third-order valence-electron chi connectivity index (χ3n) is 3.80. The highest BCUT2D eigenvalue weighted by Crippen LogP contribution is 2.16. The van der Waals surface area contributed by atoms with Crippen molar-refractivity contribution in [1.82, 2.24) is 10.1 Å². The van der Waals surface area contributed by atoms with Gasteiger partial charge in [-0.25, -0.2) is 0 Å². The third-order valence-corrected chi connectivity index (χ3v) is 3.80. The number of nitrogens with one attached hydrogen (secondary N) is 1. The number of aryl methyl sites for hydroxylation is 1. The molecule has 1 aromatic carbocycles. The summed E-state index contributed by atoms with van der Waals surface area (Å²) < 4.78 is 4.94. The number of likely N-dealkylation sites (tertiary alicyclic amines) is 1. The number of carbonyl (C=O) groups is 2. The van der Waals surface area contributed by atoms with Gasteiger partial charge in [-0.3, -0.25) is 9.59 Å². The average molecular weight is 313 g/mol. The van der Waals surface area contributed by atoms with E-state index in [0.29, 0.717) is 22.7 Å². The van der Waals surface area contributed by atoms with Gasteiger partial charge in [0.2, 0.25) is 5.91 Å². The number of carbonyl (C=O) groups excluding carboxylic acids is 2. The van der Waals surface area contributed by atoms with E-state index in [0.717, 1.165) is 25.9 Å². The highest BCUT2D eigenvalue weighted by atomic mass is 16.5. The largest absolute Gasteiger partial charge is 0.361 e. The van der Waals surface area contributed by atoms with E-state index in [2.05, 4.69) is 10.5 Å². The first-order valence-electron chi connectivity index (χ1n) is 7.73. The Labute approximate surface area is 134 Å². The zero-order valence-electron chi connectivity index (χ0n) is 13.0. The third kappa shape index (κ3) is 3.77. The molecule has 1 aliphatic heterocycles. The molecule has 0 aliphatic carbocycles. The summed E-state index contributed by atoms with van der Waals surface area (Å²) in [6.45, 7) is 3.39. The van der Waals surface area contributed by atoms with Gasteiger partial charge in [-0.05, 0) is 38.0 Å². The Hall–Kier alpha value is -2.63. The Morgan fingerprint density at radius 2 is 2.04 bits per heavy atom. The lowest BCUT2D eigenvalue weighted by molar-refractivity contribution is -0.115. The van der Waals surface area contributed by atoms with Crippen molar-refractivity contribution in [2.24, 2.45) is 0 Å². The summed E-state index contributed by atoms with van der Waals surface area (Å²) in [5.74, 6) is 0.501. The van der Waals surface area contributed by atoms with Crippen molar-refractivity contribution < 1.29 is 14.1 Å². The van der Waals surface area contributed by atoms with E-state index < -0.39 is 0 Å². The molecule has 2 amide bonds. The van der Waals surface area contributed by atoms with Crippen LogP contribution in [-0.2, 0) is 11.2 Å². The molecule has 1 N–H and O–H groups in total. The first-order chi connectivity index (χ1) is 11.1. The molecule has 1 aromatic heterocycles. The van der Waals surface area contributed by atoms with Crippen LogP contribution < -0.4 is 5.32 Å². The molecule has 120 valence electrons. The van der Waals surface area contributed by atoms with Crippen LogP contribution >= 0.6 is 0 Å². The Morgan fingerprint density at radius 1 is 1.26 bits per heavy atom. The van der Waals surface area contributed by atoms with Crippen molar-refractivity contribution in [2.45, 2.75) is 26.2 Å². The van der Waals surface area contributed by atoms with Gasteiger partial charge in [0.15, 0.2) is 0 Å². The van der Waals surface area contributed by atoms with Crippen molar-refractivity contribution in [2.75, 3.05) is 18.4 Å². The maximum absolute atomic E-state index is 12.4. The van der Waals surface area contributed by atoms with Crippen molar-refractivity contribution in [3.63, 3.8) is 0 Å². The van der Waals surface area contributed by atoms with Crippen LogP contribution in [-0.4, -0.2) is 35.0 Å². The number of hydrogen-bond donors (Lipinski definition) is 1. The maximum Gasteiger partial charge on any atom is 0.253 e. The fourth-order valence-electron chi connectivity index (χ4n) is 2.70. The van der Waals surface area contributed by atoms with Gasteiger partial charge in [0.25, 0.3) is 5.91 Å². The smallest absolute Gasteiger partial charge is 0.253 e. The lowest BCUT2D eigenvalue weighted by Crippen LogP contribution is -2.27. The number of amides is 2. The summed E-state index contributed by atoms with van der Waals surface area (Å²) in [6.07, 6.45) is 2.25. The minimum absolute atomic E-state index is 0.0192.